The van der Waals surface area contributed by atoms with E-state index in [4.69, 9.17) is 4.42 Å². The molecule has 3 heterocycles. The van der Waals surface area contributed by atoms with Gasteiger partial charge in [0.25, 0.3) is 5.91 Å². The van der Waals surface area contributed by atoms with Crippen molar-refractivity contribution in [2.45, 2.75) is 13.5 Å². The van der Waals surface area contributed by atoms with Crippen molar-refractivity contribution in [2.75, 3.05) is 13.2 Å². The molecule has 24 heavy (non-hydrogen) atoms. The van der Waals surface area contributed by atoms with Gasteiger partial charge in [-0.25, -0.2) is 4.98 Å². The first kappa shape index (κ1) is 16.4. The van der Waals surface area contributed by atoms with E-state index in [2.05, 4.69) is 9.97 Å². The van der Waals surface area contributed by atoms with Gasteiger partial charge in [0.05, 0.1) is 17.2 Å². The van der Waals surface area contributed by atoms with Gasteiger partial charge in [-0.15, -0.1) is 11.3 Å². The molecule has 124 valence electrons. The van der Waals surface area contributed by atoms with Crippen LogP contribution in [0.4, 0.5) is 0 Å². The second-order valence-electron chi connectivity index (χ2n) is 5.26. The van der Waals surface area contributed by atoms with Crippen molar-refractivity contribution in [2.24, 2.45) is 0 Å². The summed E-state index contributed by atoms with van der Waals surface area (Å²) in [6, 6.07) is 5.39. The summed E-state index contributed by atoms with van der Waals surface area (Å²) in [5.41, 5.74) is 2.06. The fraction of sp³-hybridized carbons (Fsp3) is 0.235. The number of carbonyl (C=O) groups is 1. The molecule has 0 aliphatic carbocycles. The van der Waals surface area contributed by atoms with Crippen LogP contribution in [0.5, 0.6) is 0 Å². The van der Waals surface area contributed by atoms with E-state index in [1.165, 1.54) is 17.6 Å². The van der Waals surface area contributed by atoms with Gasteiger partial charge in [0.1, 0.15) is 12.0 Å². The number of nitrogens with zero attached hydrogens (tertiary/aromatic N) is 3. The number of thiazole rings is 1. The number of aryl methyl sites for hydroxylation is 1. The number of rotatable bonds is 6. The molecule has 0 unspecified atom stereocenters. The second-order valence-corrected chi connectivity index (χ2v) is 6.33. The number of aliphatic hydroxyl groups is 1. The SMILES string of the molecule is Cc1nc(-c2cc(C(=O)N(CCO)Cc3cccnc3)co2)cs1. The van der Waals surface area contributed by atoms with Gasteiger partial charge in [-0.1, -0.05) is 6.07 Å². The molecule has 0 spiro atoms. The number of furan rings is 1. The smallest absolute Gasteiger partial charge is 0.257 e. The predicted molar refractivity (Wildman–Crippen MR) is 90.6 cm³/mol. The van der Waals surface area contributed by atoms with Crippen molar-refractivity contribution in [3.05, 3.63) is 58.4 Å². The van der Waals surface area contributed by atoms with Crippen LogP contribution < -0.4 is 0 Å². The van der Waals surface area contributed by atoms with E-state index >= 15 is 0 Å². The van der Waals surface area contributed by atoms with Gasteiger partial charge in [0.2, 0.25) is 0 Å². The number of hydrogen-bond donors (Lipinski definition) is 1. The maximum absolute atomic E-state index is 12.7. The molecule has 0 saturated heterocycles. The molecule has 1 amide bonds. The standard InChI is InChI=1S/C17H17N3O3S/c1-12-19-15(11-24-12)16-7-14(10-23-16)17(22)20(5-6-21)9-13-3-2-4-18-8-13/h2-4,7-8,10-11,21H,5-6,9H2,1H3. The molecule has 3 aromatic rings. The number of aliphatic hydroxyl groups excluding tert-OH is 1. The predicted octanol–water partition coefficient (Wildman–Crippen LogP) is 2.74. The van der Waals surface area contributed by atoms with Gasteiger partial charge >= 0.3 is 0 Å². The van der Waals surface area contributed by atoms with Crippen LogP contribution >= 0.6 is 11.3 Å². The summed E-state index contributed by atoms with van der Waals surface area (Å²) < 4.78 is 5.49. The summed E-state index contributed by atoms with van der Waals surface area (Å²) in [7, 11) is 0. The van der Waals surface area contributed by atoms with Crippen molar-refractivity contribution >= 4 is 17.2 Å². The lowest BCUT2D eigenvalue weighted by Gasteiger charge is -2.20. The Balaban J connectivity index is 1.79. The summed E-state index contributed by atoms with van der Waals surface area (Å²) in [5, 5.41) is 12.1. The molecular weight excluding hydrogens is 326 g/mol. The summed E-state index contributed by atoms with van der Waals surface area (Å²) >= 11 is 1.53. The zero-order valence-electron chi connectivity index (χ0n) is 13.2. The summed E-state index contributed by atoms with van der Waals surface area (Å²) in [6.45, 7) is 2.43. The summed E-state index contributed by atoms with van der Waals surface area (Å²) in [5.74, 6) is 0.364. The third-order valence-electron chi connectivity index (χ3n) is 3.47. The molecule has 0 aliphatic heterocycles. The van der Waals surface area contributed by atoms with Gasteiger partial charge in [-0.3, -0.25) is 9.78 Å². The Kier molecular flexibility index (Phi) is 5.02. The Morgan fingerprint density at radius 1 is 1.46 bits per heavy atom. The monoisotopic (exact) mass is 343 g/mol. The van der Waals surface area contributed by atoms with E-state index in [1.54, 1.807) is 23.4 Å². The van der Waals surface area contributed by atoms with E-state index in [9.17, 15) is 9.90 Å². The van der Waals surface area contributed by atoms with E-state index in [0.29, 0.717) is 17.9 Å². The summed E-state index contributed by atoms with van der Waals surface area (Å²) in [4.78, 5) is 22.7. The maximum Gasteiger partial charge on any atom is 0.257 e. The summed E-state index contributed by atoms with van der Waals surface area (Å²) in [6.07, 6.45) is 4.82. The molecule has 0 fully saturated rings. The van der Waals surface area contributed by atoms with Crippen LogP contribution in [0.1, 0.15) is 20.9 Å². The molecule has 0 bridgehead atoms. The highest BCUT2D eigenvalue weighted by Crippen LogP contribution is 2.24. The Morgan fingerprint density at radius 3 is 3.00 bits per heavy atom. The molecule has 6 nitrogen and oxygen atoms in total. The van der Waals surface area contributed by atoms with Crippen LogP contribution in [0.25, 0.3) is 11.5 Å². The number of amides is 1. The number of aromatic nitrogens is 2. The minimum atomic E-state index is -0.199. The topological polar surface area (TPSA) is 79.5 Å². The fourth-order valence-corrected chi connectivity index (χ4v) is 2.93. The van der Waals surface area contributed by atoms with Gasteiger partial charge in [0, 0.05) is 30.9 Å². The first-order valence-electron chi connectivity index (χ1n) is 7.47. The third-order valence-corrected chi connectivity index (χ3v) is 4.24. The van der Waals surface area contributed by atoms with Crippen LogP contribution in [0.2, 0.25) is 0 Å². The van der Waals surface area contributed by atoms with E-state index in [1.807, 2.05) is 24.4 Å². The molecule has 0 saturated carbocycles. The Bertz CT molecular complexity index is 813. The minimum Gasteiger partial charge on any atom is -0.462 e. The highest BCUT2D eigenvalue weighted by Gasteiger charge is 2.19. The lowest BCUT2D eigenvalue weighted by molar-refractivity contribution is 0.0707. The normalized spacial score (nSPS) is 10.8. The molecule has 0 radical (unpaired) electrons. The number of pyridine rings is 1. The molecule has 7 heteroatoms. The van der Waals surface area contributed by atoms with Gasteiger partial charge in [0.15, 0.2) is 5.76 Å². The van der Waals surface area contributed by atoms with Crippen molar-refractivity contribution in [1.29, 1.82) is 0 Å². The Hall–Kier alpha value is -2.51. The van der Waals surface area contributed by atoms with Gasteiger partial charge in [-0.2, -0.15) is 0 Å². The van der Waals surface area contributed by atoms with Crippen molar-refractivity contribution in [3.8, 4) is 11.5 Å². The molecule has 0 aliphatic rings. The Labute approximate surface area is 143 Å². The molecule has 0 aromatic carbocycles. The van der Waals surface area contributed by atoms with E-state index in [0.717, 1.165) is 16.3 Å². The molecular formula is C17H17N3O3S. The molecule has 3 aromatic heterocycles. The zero-order valence-corrected chi connectivity index (χ0v) is 14.0. The van der Waals surface area contributed by atoms with Gasteiger partial charge < -0.3 is 14.4 Å². The first-order chi connectivity index (χ1) is 11.7. The highest BCUT2D eigenvalue weighted by molar-refractivity contribution is 7.09. The largest absolute Gasteiger partial charge is 0.462 e. The lowest BCUT2D eigenvalue weighted by Crippen LogP contribution is -2.32. The minimum absolute atomic E-state index is 0.109. The third kappa shape index (κ3) is 3.69. The van der Waals surface area contributed by atoms with Crippen molar-refractivity contribution in [3.63, 3.8) is 0 Å². The average molecular weight is 343 g/mol. The fourth-order valence-electron chi connectivity index (χ4n) is 2.33. The maximum atomic E-state index is 12.7. The molecule has 0 atom stereocenters. The van der Waals surface area contributed by atoms with Crippen LogP contribution in [-0.2, 0) is 6.54 Å². The van der Waals surface area contributed by atoms with Crippen LogP contribution in [0.15, 0.2) is 46.7 Å². The van der Waals surface area contributed by atoms with Crippen LogP contribution in [0, 0.1) is 6.92 Å². The van der Waals surface area contributed by atoms with E-state index in [-0.39, 0.29) is 19.1 Å². The molecule has 1 N–H and O–H groups in total. The van der Waals surface area contributed by atoms with E-state index < -0.39 is 0 Å². The number of hydrogen-bond acceptors (Lipinski definition) is 6. The molecule has 3 rings (SSSR count). The Morgan fingerprint density at radius 2 is 2.33 bits per heavy atom. The average Bonchev–Trinajstić information content (AvgIpc) is 3.23. The van der Waals surface area contributed by atoms with Crippen LogP contribution in [-0.4, -0.2) is 39.0 Å². The van der Waals surface area contributed by atoms with Gasteiger partial charge in [-0.05, 0) is 24.6 Å². The quantitative estimate of drug-likeness (QED) is 0.744. The number of carbonyl (C=O) groups excluding carboxylic acids is 1. The highest BCUT2D eigenvalue weighted by atomic mass is 32.1. The zero-order chi connectivity index (χ0) is 16.9. The lowest BCUT2D eigenvalue weighted by atomic mass is 10.2. The second kappa shape index (κ2) is 7.37. The first-order valence-corrected chi connectivity index (χ1v) is 8.35. The van der Waals surface area contributed by atoms with Crippen LogP contribution in [0.3, 0.4) is 0 Å². The van der Waals surface area contributed by atoms with Crippen molar-refractivity contribution in [1.82, 2.24) is 14.9 Å². The van der Waals surface area contributed by atoms with Crippen molar-refractivity contribution < 1.29 is 14.3 Å².